The van der Waals surface area contributed by atoms with Gasteiger partial charge in [0, 0.05) is 12.0 Å². The van der Waals surface area contributed by atoms with E-state index in [0.29, 0.717) is 5.92 Å². The van der Waals surface area contributed by atoms with Gasteiger partial charge in [-0.1, -0.05) is 32.3 Å². The number of hydrogen-bond acceptors (Lipinski definition) is 3. The van der Waals surface area contributed by atoms with E-state index in [1.54, 1.807) is 0 Å². The SMILES string of the molecule is CCC1CCCCC1(N)c1ccc2c(c1)OCCCO2. The van der Waals surface area contributed by atoms with E-state index in [4.69, 9.17) is 15.2 Å². The molecule has 3 rings (SSSR count). The third-order valence-electron chi connectivity index (χ3n) is 4.90. The first kappa shape index (κ1) is 13.7. The summed E-state index contributed by atoms with van der Waals surface area (Å²) < 4.78 is 11.5. The molecule has 2 aliphatic rings. The standard InChI is InChI=1S/C17H25NO2/c1-2-13-6-3-4-9-17(13,18)14-7-8-15-16(12-14)20-11-5-10-19-15/h7-8,12-13H,2-6,9-11,18H2,1H3. The first-order chi connectivity index (χ1) is 9.74. The average Bonchev–Trinajstić information content (AvgIpc) is 2.72. The van der Waals surface area contributed by atoms with Gasteiger partial charge in [-0.05, 0) is 36.5 Å². The van der Waals surface area contributed by atoms with Crippen LogP contribution in [0.5, 0.6) is 11.5 Å². The van der Waals surface area contributed by atoms with Crippen LogP contribution in [0.3, 0.4) is 0 Å². The fraction of sp³-hybridized carbons (Fsp3) is 0.647. The summed E-state index contributed by atoms with van der Waals surface area (Å²) in [4.78, 5) is 0. The molecule has 110 valence electrons. The second kappa shape index (κ2) is 5.65. The van der Waals surface area contributed by atoms with Gasteiger partial charge < -0.3 is 15.2 Å². The summed E-state index contributed by atoms with van der Waals surface area (Å²) in [6, 6.07) is 6.29. The van der Waals surface area contributed by atoms with Gasteiger partial charge in [0.2, 0.25) is 0 Å². The highest BCUT2D eigenvalue weighted by Crippen LogP contribution is 2.43. The summed E-state index contributed by atoms with van der Waals surface area (Å²) in [5.74, 6) is 2.30. The highest BCUT2D eigenvalue weighted by Gasteiger charge is 2.38. The Kier molecular flexibility index (Phi) is 3.88. The van der Waals surface area contributed by atoms with Gasteiger partial charge in [-0.2, -0.15) is 0 Å². The molecule has 0 spiro atoms. The fourth-order valence-corrected chi connectivity index (χ4v) is 3.67. The van der Waals surface area contributed by atoms with Crippen molar-refractivity contribution in [2.75, 3.05) is 13.2 Å². The predicted molar refractivity (Wildman–Crippen MR) is 80.2 cm³/mol. The van der Waals surface area contributed by atoms with Crippen molar-refractivity contribution in [3.63, 3.8) is 0 Å². The van der Waals surface area contributed by atoms with E-state index in [2.05, 4.69) is 19.1 Å². The average molecular weight is 275 g/mol. The molecule has 1 saturated carbocycles. The van der Waals surface area contributed by atoms with Crippen molar-refractivity contribution in [1.82, 2.24) is 0 Å². The fourth-order valence-electron chi connectivity index (χ4n) is 3.67. The summed E-state index contributed by atoms with van der Waals surface area (Å²) >= 11 is 0. The molecule has 2 N–H and O–H groups in total. The van der Waals surface area contributed by atoms with Crippen LogP contribution in [0.1, 0.15) is 51.0 Å². The molecule has 1 aromatic rings. The zero-order chi connectivity index (χ0) is 14.0. The first-order valence-electron chi connectivity index (χ1n) is 7.93. The molecule has 2 atom stereocenters. The van der Waals surface area contributed by atoms with Crippen LogP contribution >= 0.6 is 0 Å². The van der Waals surface area contributed by atoms with Gasteiger partial charge in [0.15, 0.2) is 11.5 Å². The van der Waals surface area contributed by atoms with Crippen molar-refractivity contribution in [2.24, 2.45) is 11.7 Å². The van der Waals surface area contributed by atoms with E-state index in [-0.39, 0.29) is 5.54 Å². The van der Waals surface area contributed by atoms with Gasteiger partial charge in [-0.15, -0.1) is 0 Å². The number of hydrogen-bond donors (Lipinski definition) is 1. The Labute approximate surface area is 121 Å². The lowest BCUT2D eigenvalue weighted by atomic mass is 9.68. The highest BCUT2D eigenvalue weighted by molar-refractivity contribution is 5.45. The Morgan fingerprint density at radius 3 is 2.75 bits per heavy atom. The molecule has 20 heavy (non-hydrogen) atoms. The normalized spacial score (nSPS) is 29.8. The number of ether oxygens (including phenoxy) is 2. The quantitative estimate of drug-likeness (QED) is 0.897. The van der Waals surface area contributed by atoms with Crippen LogP contribution in [0.25, 0.3) is 0 Å². The second-order valence-electron chi connectivity index (χ2n) is 6.10. The number of benzene rings is 1. The lowest BCUT2D eigenvalue weighted by molar-refractivity contribution is 0.183. The zero-order valence-electron chi connectivity index (χ0n) is 12.4. The molecule has 1 heterocycles. The van der Waals surface area contributed by atoms with Gasteiger partial charge >= 0.3 is 0 Å². The van der Waals surface area contributed by atoms with Crippen molar-refractivity contribution in [2.45, 2.75) is 51.0 Å². The molecule has 0 aromatic heterocycles. The van der Waals surface area contributed by atoms with Gasteiger partial charge in [0.1, 0.15) is 0 Å². The van der Waals surface area contributed by atoms with Gasteiger partial charge in [0.05, 0.1) is 13.2 Å². The molecule has 0 amide bonds. The summed E-state index contributed by atoms with van der Waals surface area (Å²) in [5.41, 5.74) is 7.83. The molecular formula is C17H25NO2. The Bertz CT molecular complexity index is 474. The van der Waals surface area contributed by atoms with Crippen molar-refractivity contribution < 1.29 is 9.47 Å². The highest BCUT2D eigenvalue weighted by atomic mass is 16.5. The maximum absolute atomic E-state index is 6.81. The number of fused-ring (bicyclic) bond motifs is 1. The molecule has 1 aromatic carbocycles. The van der Waals surface area contributed by atoms with Crippen LogP contribution < -0.4 is 15.2 Å². The molecule has 0 bridgehead atoms. The maximum atomic E-state index is 6.81. The van der Waals surface area contributed by atoms with Crippen LogP contribution in [-0.4, -0.2) is 13.2 Å². The lowest BCUT2D eigenvalue weighted by Crippen LogP contribution is -2.46. The summed E-state index contributed by atoms with van der Waals surface area (Å²) in [6.45, 7) is 3.71. The third kappa shape index (κ3) is 2.39. The monoisotopic (exact) mass is 275 g/mol. The molecule has 3 nitrogen and oxygen atoms in total. The molecule has 2 unspecified atom stereocenters. The molecule has 3 heteroatoms. The molecule has 1 aliphatic heterocycles. The van der Waals surface area contributed by atoms with Gasteiger partial charge in [-0.25, -0.2) is 0 Å². The van der Waals surface area contributed by atoms with Crippen LogP contribution in [0.15, 0.2) is 18.2 Å². The van der Waals surface area contributed by atoms with E-state index in [1.165, 1.54) is 24.8 Å². The van der Waals surface area contributed by atoms with Crippen LogP contribution in [0.2, 0.25) is 0 Å². The van der Waals surface area contributed by atoms with Crippen molar-refractivity contribution in [3.8, 4) is 11.5 Å². The summed E-state index contributed by atoms with van der Waals surface area (Å²) in [6.07, 6.45) is 6.93. The van der Waals surface area contributed by atoms with Crippen LogP contribution in [-0.2, 0) is 5.54 Å². The summed E-state index contributed by atoms with van der Waals surface area (Å²) in [5, 5.41) is 0. The van der Waals surface area contributed by atoms with E-state index in [1.807, 2.05) is 6.07 Å². The van der Waals surface area contributed by atoms with Crippen molar-refractivity contribution >= 4 is 0 Å². The Hall–Kier alpha value is -1.22. The minimum absolute atomic E-state index is 0.197. The summed E-state index contributed by atoms with van der Waals surface area (Å²) in [7, 11) is 0. The Balaban J connectivity index is 1.94. The molecule has 0 saturated heterocycles. The molecule has 0 radical (unpaired) electrons. The minimum Gasteiger partial charge on any atom is -0.490 e. The first-order valence-corrected chi connectivity index (χ1v) is 7.93. The van der Waals surface area contributed by atoms with E-state index in [9.17, 15) is 0 Å². The van der Waals surface area contributed by atoms with E-state index < -0.39 is 0 Å². The smallest absolute Gasteiger partial charge is 0.161 e. The van der Waals surface area contributed by atoms with E-state index in [0.717, 1.165) is 44.0 Å². The molecule has 1 aliphatic carbocycles. The third-order valence-corrected chi connectivity index (χ3v) is 4.90. The topological polar surface area (TPSA) is 44.5 Å². The van der Waals surface area contributed by atoms with Crippen LogP contribution in [0, 0.1) is 5.92 Å². The zero-order valence-corrected chi connectivity index (χ0v) is 12.4. The number of nitrogens with two attached hydrogens (primary N) is 1. The number of rotatable bonds is 2. The van der Waals surface area contributed by atoms with Crippen molar-refractivity contribution in [3.05, 3.63) is 23.8 Å². The van der Waals surface area contributed by atoms with Gasteiger partial charge in [0.25, 0.3) is 0 Å². The van der Waals surface area contributed by atoms with Crippen molar-refractivity contribution in [1.29, 1.82) is 0 Å². The maximum Gasteiger partial charge on any atom is 0.161 e. The molecule has 1 fully saturated rings. The largest absolute Gasteiger partial charge is 0.490 e. The second-order valence-corrected chi connectivity index (χ2v) is 6.10. The van der Waals surface area contributed by atoms with Gasteiger partial charge in [-0.3, -0.25) is 0 Å². The predicted octanol–water partition coefficient (Wildman–Crippen LogP) is 3.60. The Morgan fingerprint density at radius 1 is 1.15 bits per heavy atom. The Morgan fingerprint density at radius 2 is 1.95 bits per heavy atom. The molecular weight excluding hydrogens is 250 g/mol. The lowest BCUT2D eigenvalue weighted by Gasteiger charge is -2.41. The minimum atomic E-state index is -0.197. The van der Waals surface area contributed by atoms with Crippen LogP contribution in [0.4, 0.5) is 0 Å². The van der Waals surface area contributed by atoms with E-state index >= 15 is 0 Å².